The van der Waals surface area contributed by atoms with Crippen molar-refractivity contribution >= 4 is 0 Å². The van der Waals surface area contributed by atoms with E-state index < -0.39 is 0 Å². The highest BCUT2D eigenvalue weighted by Gasteiger charge is 2.19. The van der Waals surface area contributed by atoms with Gasteiger partial charge >= 0.3 is 0 Å². The van der Waals surface area contributed by atoms with Gasteiger partial charge in [0.25, 0.3) is 0 Å². The van der Waals surface area contributed by atoms with E-state index in [9.17, 15) is 0 Å². The fraction of sp³-hybridized carbons (Fsp3) is 0.600. The van der Waals surface area contributed by atoms with Gasteiger partial charge in [-0.15, -0.1) is 0 Å². The van der Waals surface area contributed by atoms with Gasteiger partial charge in [-0.2, -0.15) is 0 Å². The molecule has 1 rings (SSSR count). The molecule has 2 unspecified atom stereocenters. The lowest BCUT2D eigenvalue weighted by Crippen LogP contribution is -2.19. The molecule has 0 aliphatic carbocycles. The van der Waals surface area contributed by atoms with Crippen LogP contribution in [-0.4, -0.2) is 21.3 Å². The molecule has 0 radical (unpaired) electrons. The lowest BCUT2D eigenvalue weighted by Gasteiger charge is -2.23. The fourth-order valence-corrected chi connectivity index (χ4v) is 2.16. The molecule has 0 heterocycles. The van der Waals surface area contributed by atoms with Crippen LogP contribution in [0.1, 0.15) is 38.3 Å². The number of nitrogens with one attached hydrogen (secondary N) is 1. The summed E-state index contributed by atoms with van der Waals surface area (Å²) in [6.07, 6.45) is 2.28. The third kappa shape index (κ3) is 3.39. The van der Waals surface area contributed by atoms with Crippen molar-refractivity contribution in [3.05, 3.63) is 23.8 Å². The first-order valence-electron chi connectivity index (χ1n) is 6.56. The van der Waals surface area contributed by atoms with Crippen molar-refractivity contribution in [1.82, 2.24) is 5.32 Å². The van der Waals surface area contributed by atoms with Crippen LogP contribution in [0.15, 0.2) is 18.2 Å². The van der Waals surface area contributed by atoms with Gasteiger partial charge in [-0.3, -0.25) is 0 Å². The third-order valence-corrected chi connectivity index (χ3v) is 3.49. The van der Waals surface area contributed by atoms with Gasteiger partial charge in [0.15, 0.2) is 11.5 Å². The average molecular weight is 251 g/mol. The van der Waals surface area contributed by atoms with Gasteiger partial charge in [0.05, 0.1) is 14.2 Å². The zero-order valence-corrected chi connectivity index (χ0v) is 12.1. The van der Waals surface area contributed by atoms with Crippen molar-refractivity contribution in [2.75, 3.05) is 21.3 Å². The highest BCUT2D eigenvalue weighted by atomic mass is 16.5. The Bertz CT molecular complexity index is 366. The molecule has 102 valence electrons. The normalized spacial score (nSPS) is 14.1. The zero-order chi connectivity index (χ0) is 13.5. The average Bonchev–Trinajstić information content (AvgIpc) is 2.43. The van der Waals surface area contributed by atoms with Crippen LogP contribution in [0.5, 0.6) is 11.5 Å². The number of hydrogen-bond acceptors (Lipinski definition) is 3. The van der Waals surface area contributed by atoms with Gasteiger partial charge in [-0.05, 0) is 25.5 Å². The smallest absolute Gasteiger partial charge is 0.165 e. The third-order valence-electron chi connectivity index (χ3n) is 3.49. The molecule has 0 saturated heterocycles. The number of methoxy groups -OCH3 is 2. The number of benzene rings is 1. The molecule has 0 aliphatic rings. The first-order chi connectivity index (χ1) is 8.67. The minimum absolute atomic E-state index is 0.296. The van der Waals surface area contributed by atoms with Crippen molar-refractivity contribution in [3.8, 4) is 11.5 Å². The first-order valence-corrected chi connectivity index (χ1v) is 6.56. The molecule has 0 aliphatic heterocycles. The monoisotopic (exact) mass is 251 g/mol. The van der Waals surface area contributed by atoms with Crippen molar-refractivity contribution in [2.24, 2.45) is 5.92 Å². The second-order valence-electron chi connectivity index (χ2n) is 4.67. The Morgan fingerprint density at radius 2 is 1.94 bits per heavy atom. The zero-order valence-electron chi connectivity index (χ0n) is 12.1. The summed E-state index contributed by atoms with van der Waals surface area (Å²) < 4.78 is 10.9. The highest BCUT2D eigenvalue weighted by Crippen LogP contribution is 2.36. The predicted octanol–water partition coefficient (Wildman–Crippen LogP) is 3.40. The number of rotatable bonds is 7. The van der Waals surface area contributed by atoms with Gasteiger partial charge in [-0.1, -0.05) is 32.4 Å². The summed E-state index contributed by atoms with van der Waals surface area (Å²) in [5.74, 6) is 2.31. The molecule has 0 aromatic heterocycles. The number of para-hydroxylation sites is 1. The van der Waals surface area contributed by atoms with Crippen LogP contribution in [0, 0.1) is 5.92 Å². The van der Waals surface area contributed by atoms with Crippen molar-refractivity contribution in [2.45, 2.75) is 32.7 Å². The number of ether oxygens (including phenoxy) is 2. The van der Waals surface area contributed by atoms with Gasteiger partial charge < -0.3 is 14.8 Å². The maximum absolute atomic E-state index is 5.50. The summed E-state index contributed by atoms with van der Waals surface area (Å²) in [6.45, 7) is 4.50. The van der Waals surface area contributed by atoms with E-state index in [1.165, 1.54) is 12.0 Å². The molecule has 0 spiro atoms. The Labute approximate surface area is 110 Å². The lowest BCUT2D eigenvalue weighted by atomic mass is 9.93. The van der Waals surface area contributed by atoms with E-state index in [1.54, 1.807) is 14.2 Å². The Kier molecular flexibility index (Phi) is 5.99. The second-order valence-corrected chi connectivity index (χ2v) is 4.67. The van der Waals surface area contributed by atoms with Crippen LogP contribution in [0.3, 0.4) is 0 Å². The first kappa shape index (κ1) is 14.8. The molecule has 18 heavy (non-hydrogen) atoms. The summed E-state index contributed by atoms with van der Waals surface area (Å²) in [4.78, 5) is 0. The van der Waals surface area contributed by atoms with Crippen LogP contribution in [0.25, 0.3) is 0 Å². The molecule has 0 bridgehead atoms. The van der Waals surface area contributed by atoms with E-state index in [4.69, 9.17) is 9.47 Å². The maximum Gasteiger partial charge on any atom is 0.165 e. The minimum Gasteiger partial charge on any atom is -0.493 e. The maximum atomic E-state index is 5.50. The quantitative estimate of drug-likeness (QED) is 0.805. The van der Waals surface area contributed by atoms with Gasteiger partial charge in [0.2, 0.25) is 0 Å². The van der Waals surface area contributed by atoms with E-state index in [2.05, 4.69) is 25.2 Å². The fourth-order valence-electron chi connectivity index (χ4n) is 2.16. The Balaban J connectivity index is 3.04. The molecule has 1 aromatic carbocycles. The molecule has 1 N–H and O–H groups in total. The van der Waals surface area contributed by atoms with Gasteiger partial charge in [0, 0.05) is 11.6 Å². The Morgan fingerprint density at radius 3 is 2.44 bits per heavy atom. The van der Waals surface area contributed by atoms with Crippen molar-refractivity contribution in [1.29, 1.82) is 0 Å². The predicted molar refractivity (Wildman–Crippen MR) is 75.4 cm³/mol. The van der Waals surface area contributed by atoms with Crippen molar-refractivity contribution in [3.63, 3.8) is 0 Å². The Hall–Kier alpha value is -1.22. The highest BCUT2D eigenvalue weighted by molar-refractivity contribution is 5.48. The minimum atomic E-state index is 0.296. The molecule has 0 amide bonds. The van der Waals surface area contributed by atoms with E-state index in [-0.39, 0.29) is 0 Å². The summed E-state index contributed by atoms with van der Waals surface area (Å²) in [7, 11) is 5.36. The molecule has 0 fully saturated rings. The molecule has 3 nitrogen and oxygen atoms in total. The Morgan fingerprint density at radius 1 is 1.22 bits per heavy atom. The van der Waals surface area contributed by atoms with Gasteiger partial charge in [-0.25, -0.2) is 0 Å². The molecule has 0 saturated carbocycles. The van der Waals surface area contributed by atoms with Crippen LogP contribution in [0.2, 0.25) is 0 Å². The summed E-state index contributed by atoms with van der Waals surface area (Å²) >= 11 is 0. The largest absolute Gasteiger partial charge is 0.493 e. The van der Waals surface area contributed by atoms with E-state index in [0.717, 1.165) is 17.9 Å². The van der Waals surface area contributed by atoms with E-state index >= 15 is 0 Å². The second kappa shape index (κ2) is 7.27. The van der Waals surface area contributed by atoms with Crippen LogP contribution >= 0.6 is 0 Å². The molecular formula is C15H25NO2. The van der Waals surface area contributed by atoms with Crippen LogP contribution in [0.4, 0.5) is 0 Å². The van der Waals surface area contributed by atoms with Crippen molar-refractivity contribution < 1.29 is 9.47 Å². The summed E-state index contributed by atoms with van der Waals surface area (Å²) in [5, 5.41) is 3.37. The lowest BCUT2D eigenvalue weighted by molar-refractivity contribution is 0.341. The summed E-state index contributed by atoms with van der Waals surface area (Å²) in [6, 6.07) is 6.34. The standard InChI is InChI=1S/C15H25NO2/c1-6-11(2)10-13(16-3)12-8-7-9-14(17-4)15(12)18-5/h7-9,11,13,16H,6,10H2,1-5H3. The molecule has 2 atom stereocenters. The number of hydrogen-bond donors (Lipinski definition) is 1. The SMILES string of the molecule is CCC(C)CC(NC)c1cccc(OC)c1OC. The van der Waals surface area contributed by atoms with E-state index in [1.807, 2.05) is 19.2 Å². The van der Waals surface area contributed by atoms with Crippen LogP contribution < -0.4 is 14.8 Å². The van der Waals surface area contributed by atoms with Crippen LogP contribution in [-0.2, 0) is 0 Å². The molecular weight excluding hydrogens is 226 g/mol. The van der Waals surface area contributed by atoms with E-state index in [0.29, 0.717) is 12.0 Å². The van der Waals surface area contributed by atoms with Gasteiger partial charge in [0.1, 0.15) is 0 Å². The topological polar surface area (TPSA) is 30.5 Å². The summed E-state index contributed by atoms with van der Waals surface area (Å²) in [5.41, 5.74) is 1.17. The molecule has 3 heteroatoms. The molecule has 1 aromatic rings.